The molecule has 70 valence electrons. The van der Waals surface area contributed by atoms with Crippen molar-refractivity contribution in [3.05, 3.63) is 18.0 Å². The minimum Gasteiger partial charge on any atom is -0.784 e. The van der Waals surface area contributed by atoms with E-state index in [1.807, 2.05) is 0 Å². The van der Waals surface area contributed by atoms with Crippen molar-refractivity contribution in [1.29, 1.82) is 0 Å². The molecule has 0 amide bonds. The monoisotopic (exact) mass is 172 g/mol. The molecule has 0 aliphatic heterocycles. The molecule has 0 aromatic rings. The number of likely N-dealkylation sites (N-methyl/N-ethyl adjacent to an activating group) is 1. The Balaban J connectivity index is 4.36. The van der Waals surface area contributed by atoms with Gasteiger partial charge in [0.05, 0.1) is 6.26 Å². The summed E-state index contributed by atoms with van der Waals surface area (Å²) in [5, 5.41) is 11.8. The van der Waals surface area contributed by atoms with Gasteiger partial charge < -0.3 is 15.0 Å². The van der Waals surface area contributed by atoms with Gasteiger partial charge in [0.25, 0.3) is 0 Å². The van der Waals surface area contributed by atoms with E-state index in [1.165, 1.54) is 13.8 Å². The zero-order valence-corrected chi connectivity index (χ0v) is 7.66. The SMILES string of the molecule is C=COC(=O)C(C)(C)N([O-])CC. The Labute approximate surface area is 72.4 Å². The fraction of sp³-hybridized carbons (Fsp3) is 0.625. The molecule has 4 heteroatoms. The minimum atomic E-state index is -1.14. The number of hydroxylamine groups is 2. The van der Waals surface area contributed by atoms with Gasteiger partial charge in [0.1, 0.15) is 5.54 Å². The van der Waals surface area contributed by atoms with Gasteiger partial charge in [-0.3, -0.25) is 0 Å². The van der Waals surface area contributed by atoms with Crippen LogP contribution in [0.1, 0.15) is 20.8 Å². The van der Waals surface area contributed by atoms with Crippen LogP contribution in [0, 0.1) is 5.21 Å². The van der Waals surface area contributed by atoms with Crippen LogP contribution in [0.25, 0.3) is 0 Å². The zero-order valence-electron chi connectivity index (χ0n) is 7.66. The number of nitrogens with zero attached hydrogens (tertiary/aromatic N) is 1. The van der Waals surface area contributed by atoms with Crippen LogP contribution in [-0.2, 0) is 9.53 Å². The van der Waals surface area contributed by atoms with E-state index in [9.17, 15) is 10.0 Å². The Bertz CT molecular complexity index is 177. The van der Waals surface area contributed by atoms with Gasteiger partial charge in [0, 0.05) is 0 Å². The maximum atomic E-state index is 11.1. The summed E-state index contributed by atoms with van der Waals surface area (Å²) in [5.74, 6) is -0.589. The van der Waals surface area contributed by atoms with E-state index in [1.54, 1.807) is 6.92 Å². The molecule has 0 fully saturated rings. The summed E-state index contributed by atoms with van der Waals surface area (Å²) in [4.78, 5) is 11.1. The molecule has 0 heterocycles. The average Bonchev–Trinajstić information content (AvgIpc) is 2.03. The molecule has 0 aromatic carbocycles. The van der Waals surface area contributed by atoms with Crippen molar-refractivity contribution in [1.82, 2.24) is 5.06 Å². The molecule has 0 aliphatic rings. The second-order valence-corrected chi connectivity index (χ2v) is 2.83. The second kappa shape index (κ2) is 4.23. The third-order valence-corrected chi connectivity index (χ3v) is 1.60. The number of carbonyl (C=O) groups excluding carboxylic acids is 1. The Morgan fingerprint density at radius 2 is 2.25 bits per heavy atom. The maximum absolute atomic E-state index is 11.1. The summed E-state index contributed by atoms with van der Waals surface area (Å²) in [7, 11) is 0. The quantitative estimate of drug-likeness (QED) is 0.364. The number of esters is 1. The Kier molecular flexibility index (Phi) is 3.92. The predicted molar refractivity (Wildman–Crippen MR) is 46.1 cm³/mol. The summed E-state index contributed by atoms with van der Waals surface area (Å²) in [5.41, 5.74) is -1.14. The fourth-order valence-corrected chi connectivity index (χ4v) is 0.717. The van der Waals surface area contributed by atoms with Crippen LogP contribution in [-0.4, -0.2) is 23.1 Å². The van der Waals surface area contributed by atoms with Gasteiger partial charge in [-0.25, -0.2) is 4.79 Å². The van der Waals surface area contributed by atoms with Crippen LogP contribution in [0.3, 0.4) is 0 Å². The molecule has 0 atom stereocenters. The molecule has 0 aromatic heterocycles. The molecule has 4 nitrogen and oxygen atoms in total. The van der Waals surface area contributed by atoms with Gasteiger partial charge in [0.2, 0.25) is 0 Å². The van der Waals surface area contributed by atoms with Crippen molar-refractivity contribution in [3.63, 3.8) is 0 Å². The van der Waals surface area contributed by atoms with Crippen molar-refractivity contribution in [3.8, 4) is 0 Å². The standard InChI is InChI=1S/C8H14NO3/c1-5-9(11)8(3,4)7(10)12-6-2/h6H,2,5H2,1,3-4H3/q-1. The first kappa shape index (κ1) is 11.1. The second-order valence-electron chi connectivity index (χ2n) is 2.83. The molecule has 0 aliphatic carbocycles. The van der Waals surface area contributed by atoms with Gasteiger partial charge in [0.15, 0.2) is 0 Å². The highest BCUT2D eigenvalue weighted by Gasteiger charge is 2.29. The molecular formula is C8H14NO3-. The topological polar surface area (TPSA) is 52.6 Å². The van der Waals surface area contributed by atoms with Gasteiger partial charge in [-0.1, -0.05) is 13.5 Å². The number of hydrogen-bond acceptors (Lipinski definition) is 4. The average molecular weight is 172 g/mol. The minimum absolute atomic E-state index is 0.249. The van der Waals surface area contributed by atoms with E-state index < -0.39 is 11.5 Å². The van der Waals surface area contributed by atoms with Crippen molar-refractivity contribution in [2.45, 2.75) is 26.3 Å². The first-order valence-electron chi connectivity index (χ1n) is 3.73. The van der Waals surface area contributed by atoms with Crippen LogP contribution in [0.2, 0.25) is 0 Å². The molecule has 0 N–H and O–H groups in total. The van der Waals surface area contributed by atoms with E-state index >= 15 is 0 Å². The molecule has 0 rings (SSSR count). The van der Waals surface area contributed by atoms with Gasteiger partial charge >= 0.3 is 5.97 Å². The Hall–Kier alpha value is -0.870. The summed E-state index contributed by atoms with van der Waals surface area (Å²) >= 11 is 0. The lowest BCUT2D eigenvalue weighted by molar-refractivity contribution is -0.148. The molecule has 0 unspecified atom stereocenters. The van der Waals surface area contributed by atoms with E-state index in [4.69, 9.17) is 0 Å². The fourth-order valence-electron chi connectivity index (χ4n) is 0.717. The van der Waals surface area contributed by atoms with Crippen LogP contribution >= 0.6 is 0 Å². The molecule has 0 radical (unpaired) electrons. The van der Waals surface area contributed by atoms with Crippen molar-refractivity contribution >= 4 is 5.97 Å². The van der Waals surface area contributed by atoms with Gasteiger partial charge in [-0.05, 0) is 20.4 Å². The van der Waals surface area contributed by atoms with Crippen LogP contribution in [0.5, 0.6) is 0 Å². The lowest BCUT2D eigenvalue weighted by Crippen LogP contribution is -2.47. The third kappa shape index (κ3) is 2.32. The smallest absolute Gasteiger partial charge is 0.329 e. The highest BCUT2D eigenvalue weighted by atomic mass is 16.5. The zero-order chi connectivity index (χ0) is 9.78. The highest BCUT2D eigenvalue weighted by molar-refractivity contribution is 5.80. The van der Waals surface area contributed by atoms with E-state index in [0.29, 0.717) is 5.06 Å². The van der Waals surface area contributed by atoms with Gasteiger partial charge in [-0.2, -0.15) is 0 Å². The largest absolute Gasteiger partial charge is 0.784 e. The molecule has 12 heavy (non-hydrogen) atoms. The molecule has 0 saturated carbocycles. The van der Waals surface area contributed by atoms with Crippen molar-refractivity contribution < 1.29 is 9.53 Å². The summed E-state index contributed by atoms with van der Waals surface area (Å²) in [6, 6.07) is 0. The number of carbonyl (C=O) groups is 1. The van der Waals surface area contributed by atoms with E-state index in [-0.39, 0.29) is 6.54 Å². The first-order valence-corrected chi connectivity index (χ1v) is 3.73. The molecule has 0 saturated heterocycles. The number of rotatable bonds is 4. The Morgan fingerprint density at radius 1 is 1.75 bits per heavy atom. The highest BCUT2D eigenvalue weighted by Crippen LogP contribution is 2.14. The van der Waals surface area contributed by atoms with Crippen LogP contribution in [0.15, 0.2) is 12.8 Å². The lowest BCUT2D eigenvalue weighted by Gasteiger charge is -2.40. The molecule has 0 bridgehead atoms. The number of hydrogen-bond donors (Lipinski definition) is 0. The van der Waals surface area contributed by atoms with Crippen molar-refractivity contribution in [2.24, 2.45) is 0 Å². The summed E-state index contributed by atoms with van der Waals surface area (Å²) < 4.78 is 4.51. The summed E-state index contributed by atoms with van der Waals surface area (Å²) in [6.07, 6.45) is 1.02. The first-order chi connectivity index (χ1) is 5.46. The van der Waals surface area contributed by atoms with Crippen LogP contribution < -0.4 is 0 Å². The lowest BCUT2D eigenvalue weighted by atomic mass is 10.1. The van der Waals surface area contributed by atoms with E-state index in [2.05, 4.69) is 11.3 Å². The summed E-state index contributed by atoms with van der Waals surface area (Å²) in [6.45, 7) is 8.18. The van der Waals surface area contributed by atoms with Gasteiger partial charge in [-0.15, -0.1) is 0 Å². The number of ether oxygens (including phenoxy) is 1. The maximum Gasteiger partial charge on any atom is 0.329 e. The predicted octanol–water partition coefficient (Wildman–Crippen LogP) is 1.27. The van der Waals surface area contributed by atoms with E-state index in [0.717, 1.165) is 6.26 Å². The molecular weight excluding hydrogens is 158 g/mol. The molecule has 0 spiro atoms. The van der Waals surface area contributed by atoms with Crippen molar-refractivity contribution in [2.75, 3.05) is 6.54 Å². The normalized spacial score (nSPS) is 11.4. The third-order valence-electron chi connectivity index (χ3n) is 1.60. The van der Waals surface area contributed by atoms with Crippen LogP contribution in [0.4, 0.5) is 0 Å². The Morgan fingerprint density at radius 3 is 2.58 bits per heavy atom.